The minimum Gasteiger partial charge on any atom is -0.345 e. The van der Waals surface area contributed by atoms with Crippen molar-refractivity contribution in [3.05, 3.63) is 71.3 Å². The predicted octanol–water partition coefficient (Wildman–Crippen LogP) is 3.46. The van der Waals surface area contributed by atoms with E-state index in [1.54, 1.807) is 6.92 Å². The Labute approximate surface area is 110 Å². The summed E-state index contributed by atoms with van der Waals surface area (Å²) in [5, 5.41) is 2.63. The fourth-order valence-corrected chi connectivity index (χ4v) is 1.78. The SMILES string of the molecule is CC(NC(=O)c1cccc(F)c1F)c1ccccc1. The van der Waals surface area contributed by atoms with Gasteiger partial charge in [-0.2, -0.15) is 0 Å². The Morgan fingerprint density at radius 3 is 2.42 bits per heavy atom. The van der Waals surface area contributed by atoms with Crippen LogP contribution in [-0.2, 0) is 0 Å². The third kappa shape index (κ3) is 2.96. The standard InChI is InChI=1S/C15H13F2NO/c1-10(11-6-3-2-4-7-11)18-15(19)12-8-5-9-13(16)14(12)17/h2-10H,1H3,(H,18,19). The zero-order chi connectivity index (χ0) is 13.8. The third-order valence-corrected chi connectivity index (χ3v) is 2.84. The number of rotatable bonds is 3. The maximum absolute atomic E-state index is 13.5. The summed E-state index contributed by atoms with van der Waals surface area (Å²) in [5.74, 6) is -2.78. The summed E-state index contributed by atoms with van der Waals surface area (Å²) >= 11 is 0. The Morgan fingerprint density at radius 1 is 1.05 bits per heavy atom. The first-order valence-electron chi connectivity index (χ1n) is 5.89. The molecule has 0 radical (unpaired) electrons. The van der Waals surface area contributed by atoms with Crippen LogP contribution >= 0.6 is 0 Å². The summed E-state index contributed by atoms with van der Waals surface area (Å²) in [6.07, 6.45) is 0. The lowest BCUT2D eigenvalue weighted by Crippen LogP contribution is -2.27. The zero-order valence-electron chi connectivity index (χ0n) is 10.4. The Bertz CT molecular complexity index is 584. The van der Waals surface area contributed by atoms with Crippen LogP contribution in [0.3, 0.4) is 0 Å². The van der Waals surface area contributed by atoms with Crippen LogP contribution in [0.2, 0.25) is 0 Å². The van der Waals surface area contributed by atoms with Crippen LogP contribution in [0.25, 0.3) is 0 Å². The Kier molecular flexibility index (Phi) is 3.90. The van der Waals surface area contributed by atoms with Crippen molar-refractivity contribution in [3.63, 3.8) is 0 Å². The molecule has 0 heterocycles. The van der Waals surface area contributed by atoms with Gasteiger partial charge >= 0.3 is 0 Å². The van der Waals surface area contributed by atoms with Crippen LogP contribution in [0.4, 0.5) is 8.78 Å². The van der Waals surface area contributed by atoms with Gasteiger partial charge in [0.2, 0.25) is 0 Å². The van der Waals surface area contributed by atoms with E-state index in [0.29, 0.717) is 0 Å². The fraction of sp³-hybridized carbons (Fsp3) is 0.133. The van der Waals surface area contributed by atoms with Crippen LogP contribution in [0.15, 0.2) is 48.5 Å². The molecule has 0 fully saturated rings. The normalized spacial score (nSPS) is 11.9. The second-order valence-corrected chi connectivity index (χ2v) is 4.21. The van der Waals surface area contributed by atoms with Crippen molar-refractivity contribution in [2.75, 3.05) is 0 Å². The molecular formula is C15H13F2NO. The minimum absolute atomic E-state index is 0.281. The summed E-state index contributed by atoms with van der Waals surface area (Å²) < 4.78 is 26.5. The molecule has 1 amide bonds. The highest BCUT2D eigenvalue weighted by atomic mass is 19.2. The Morgan fingerprint density at radius 2 is 1.74 bits per heavy atom. The highest BCUT2D eigenvalue weighted by Gasteiger charge is 2.17. The molecule has 0 saturated carbocycles. The average Bonchev–Trinajstić information content (AvgIpc) is 2.42. The van der Waals surface area contributed by atoms with Crippen LogP contribution in [0.5, 0.6) is 0 Å². The molecule has 0 spiro atoms. The van der Waals surface area contributed by atoms with Crippen LogP contribution in [0.1, 0.15) is 28.9 Å². The van der Waals surface area contributed by atoms with Gasteiger partial charge in [-0.1, -0.05) is 36.4 Å². The first-order valence-corrected chi connectivity index (χ1v) is 5.89. The van der Waals surface area contributed by atoms with Gasteiger partial charge in [-0.05, 0) is 24.6 Å². The van der Waals surface area contributed by atoms with E-state index in [-0.39, 0.29) is 11.6 Å². The number of hydrogen-bond donors (Lipinski definition) is 1. The van der Waals surface area contributed by atoms with Gasteiger partial charge in [0.25, 0.3) is 5.91 Å². The van der Waals surface area contributed by atoms with Crippen molar-refractivity contribution < 1.29 is 13.6 Å². The van der Waals surface area contributed by atoms with Gasteiger partial charge in [0, 0.05) is 0 Å². The predicted molar refractivity (Wildman–Crippen MR) is 68.7 cm³/mol. The van der Waals surface area contributed by atoms with Gasteiger partial charge in [-0.3, -0.25) is 4.79 Å². The van der Waals surface area contributed by atoms with E-state index in [0.717, 1.165) is 11.6 Å². The molecule has 1 unspecified atom stereocenters. The number of halogens is 2. The molecule has 0 bridgehead atoms. The van der Waals surface area contributed by atoms with Gasteiger partial charge in [0.1, 0.15) is 0 Å². The molecule has 0 saturated heterocycles. The molecule has 2 rings (SSSR count). The van der Waals surface area contributed by atoms with Crippen molar-refractivity contribution in [2.45, 2.75) is 13.0 Å². The van der Waals surface area contributed by atoms with E-state index in [2.05, 4.69) is 5.32 Å². The first kappa shape index (κ1) is 13.2. The molecule has 4 heteroatoms. The van der Waals surface area contributed by atoms with Crippen molar-refractivity contribution in [2.24, 2.45) is 0 Å². The molecule has 0 aromatic heterocycles. The van der Waals surface area contributed by atoms with Gasteiger partial charge in [-0.25, -0.2) is 8.78 Å². The smallest absolute Gasteiger partial charge is 0.254 e. The first-order chi connectivity index (χ1) is 9.09. The lowest BCUT2D eigenvalue weighted by Gasteiger charge is -2.14. The summed E-state index contributed by atoms with van der Waals surface area (Å²) in [4.78, 5) is 11.9. The number of amides is 1. The maximum atomic E-state index is 13.5. The summed E-state index contributed by atoms with van der Waals surface area (Å²) in [6, 6.07) is 12.5. The van der Waals surface area contributed by atoms with Crippen molar-refractivity contribution in [1.82, 2.24) is 5.32 Å². The molecule has 2 aromatic carbocycles. The van der Waals surface area contributed by atoms with Gasteiger partial charge in [0.15, 0.2) is 11.6 Å². The van der Waals surface area contributed by atoms with E-state index < -0.39 is 17.5 Å². The summed E-state index contributed by atoms with van der Waals surface area (Å²) in [6.45, 7) is 1.78. The third-order valence-electron chi connectivity index (χ3n) is 2.84. The minimum atomic E-state index is -1.12. The van der Waals surface area contributed by atoms with Gasteiger partial charge in [-0.15, -0.1) is 0 Å². The van der Waals surface area contributed by atoms with Crippen molar-refractivity contribution in [1.29, 1.82) is 0 Å². The molecule has 2 aromatic rings. The van der Waals surface area contributed by atoms with Crippen molar-refractivity contribution in [3.8, 4) is 0 Å². The fourth-order valence-electron chi connectivity index (χ4n) is 1.78. The lowest BCUT2D eigenvalue weighted by molar-refractivity contribution is 0.0934. The number of carbonyl (C=O) groups excluding carboxylic acids is 1. The van der Waals surface area contributed by atoms with E-state index in [9.17, 15) is 13.6 Å². The number of carbonyl (C=O) groups is 1. The molecule has 0 aliphatic heterocycles. The van der Waals surface area contributed by atoms with E-state index in [1.807, 2.05) is 30.3 Å². The quantitative estimate of drug-likeness (QED) is 0.900. The van der Waals surface area contributed by atoms with Crippen LogP contribution in [-0.4, -0.2) is 5.91 Å². The summed E-state index contributed by atoms with van der Waals surface area (Å²) in [5.41, 5.74) is 0.607. The molecule has 2 nitrogen and oxygen atoms in total. The van der Waals surface area contributed by atoms with E-state index in [4.69, 9.17) is 0 Å². The highest BCUT2D eigenvalue weighted by Crippen LogP contribution is 2.15. The van der Waals surface area contributed by atoms with Crippen LogP contribution in [0, 0.1) is 11.6 Å². The summed E-state index contributed by atoms with van der Waals surface area (Å²) in [7, 11) is 0. The molecule has 0 aliphatic rings. The van der Waals surface area contributed by atoms with Gasteiger partial charge in [0.05, 0.1) is 11.6 Å². The molecule has 19 heavy (non-hydrogen) atoms. The monoisotopic (exact) mass is 261 g/mol. The largest absolute Gasteiger partial charge is 0.345 e. The lowest BCUT2D eigenvalue weighted by atomic mass is 10.1. The molecule has 1 atom stereocenters. The number of benzene rings is 2. The number of hydrogen-bond acceptors (Lipinski definition) is 1. The molecule has 1 N–H and O–H groups in total. The Balaban J connectivity index is 2.16. The van der Waals surface area contributed by atoms with E-state index in [1.165, 1.54) is 12.1 Å². The molecular weight excluding hydrogens is 248 g/mol. The molecule has 0 aliphatic carbocycles. The average molecular weight is 261 g/mol. The second kappa shape index (κ2) is 5.61. The maximum Gasteiger partial charge on any atom is 0.254 e. The molecule has 98 valence electrons. The highest BCUT2D eigenvalue weighted by molar-refractivity contribution is 5.94. The Hall–Kier alpha value is -2.23. The van der Waals surface area contributed by atoms with E-state index >= 15 is 0 Å². The van der Waals surface area contributed by atoms with Crippen molar-refractivity contribution >= 4 is 5.91 Å². The second-order valence-electron chi connectivity index (χ2n) is 4.21. The van der Waals surface area contributed by atoms with Gasteiger partial charge < -0.3 is 5.32 Å². The topological polar surface area (TPSA) is 29.1 Å². The van der Waals surface area contributed by atoms with Crippen LogP contribution < -0.4 is 5.32 Å². The number of nitrogens with one attached hydrogen (secondary N) is 1. The zero-order valence-corrected chi connectivity index (χ0v) is 10.4.